The Kier molecular flexibility index (Phi) is 10.1. The lowest BCUT2D eigenvalue weighted by molar-refractivity contribution is 0.443. The number of fused-ring (bicyclic) bond motifs is 3. The fraction of sp³-hybridized carbons (Fsp3) is 0.276. The summed E-state index contributed by atoms with van der Waals surface area (Å²) < 4.78 is 0. The van der Waals surface area contributed by atoms with E-state index in [0.29, 0.717) is 5.92 Å². The Labute approximate surface area is 352 Å². The van der Waals surface area contributed by atoms with Crippen molar-refractivity contribution in [2.45, 2.75) is 102 Å². The molecule has 3 aliphatic carbocycles. The molecule has 0 heterocycles. The molecule has 2 saturated carbocycles. The summed E-state index contributed by atoms with van der Waals surface area (Å²) in [5.41, 5.74) is 20.9. The van der Waals surface area contributed by atoms with Gasteiger partial charge in [-0.1, -0.05) is 174 Å². The number of hydrogen-bond donors (Lipinski definition) is 0. The number of benzene rings is 7. The van der Waals surface area contributed by atoms with Crippen molar-refractivity contribution in [3.05, 3.63) is 186 Å². The van der Waals surface area contributed by atoms with Crippen LogP contribution in [0.5, 0.6) is 0 Å². The van der Waals surface area contributed by atoms with Crippen LogP contribution in [0.25, 0.3) is 44.5 Å². The van der Waals surface area contributed by atoms with Crippen molar-refractivity contribution in [2.24, 2.45) is 0 Å². The van der Waals surface area contributed by atoms with Crippen LogP contribution in [0.1, 0.15) is 118 Å². The summed E-state index contributed by atoms with van der Waals surface area (Å²) in [5, 5.41) is 0. The first-order valence-corrected chi connectivity index (χ1v) is 22.5. The van der Waals surface area contributed by atoms with E-state index in [0.717, 1.165) is 17.3 Å². The third-order valence-corrected chi connectivity index (χ3v) is 14.3. The van der Waals surface area contributed by atoms with Gasteiger partial charge < -0.3 is 4.90 Å². The molecule has 7 aromatic carbocycles. The summed E-state index contributed by atoms with van der Waals surface area (Å²) in [6.07, 6.45) is 13.5. The molecule has 0 saturated heterocycles. The zero-order valence-corrected chi connectivity index (χ0v) is 35.2. The molecular formula is C58H57N. The molecule has 3 aliphatic rings. The molecule has 0 atom stereocenters. The molecule has 7 aromatic rings. The average molecular weight is 768 g/mol. The minimum atomic E-state index is -0.0891. The van der Waals surface area contributed by atoms with E-state index in [1.54, 1.807) is 0 Å². The smallest absolute Gasteiger partial charge is 0.0465 e. The second-order valence-electron chi connectivity index (χ2n) is 18.2. The van der Waals surface area contributed by atoms with Crippen molar-refractivity contribution < 1.29 is 0 Å². The van der Waals surface area contributed by atoms with Crippen LogP contribution in [0, 0.1) is 6.92 Å². The van der Waals surface area contributed by atoms with Crippen molar-refractivity contribution in [1.29, 1.82) is 0 Å². The summed E-state index contributed by atoms with van der Waals surface area (Å²) >= 11 is 0. The Hall–Kier alpha value is -5.66. The van der Waals surface area contributed by atoms with E-state index >= 15 is 0 Å². The zero-order chi connectivity index (χ0) is 39.9. The van der Waals surface area contributed by atoms with Gasteiger partial charge in [-0.2, -0.15) is 0 Å². The lowest BCUT2D eigenvalue weighted by Crippen LogP contribution is -2.16. The summed E-state index contributed by atoms with van der Waals surface area (Å²) in [6, 6.07) is 60.2. The number of anilines is 3. The van der Waals surface area contributed by atoms with Gasteiger partial charge in [0.2, 0.25) is 0 Å². The maximum Gasteiger partial charge on any atom is 0.0465 e. The van der Waals surface area contributed by atoms with Crippen LogP contribution in [-0.2, 0) is 5.41 Å². The first-order valence-electron chi connectivity index (χ1n) is 22.5. The Morgan fingerprint density at radius 3 is 1.39 bits per heavy atom. The van der Waals surface area contributed by atoms with Crippen molar-refractivity contribution in [3.8, 4) is 44.5 Å². The van der Waals surface area contributed by atoms with Crippen molar-refractivity contribution >= 4 is 17.1 Å². The highest BCUT2D eigenvalue weighted by Crippen LogP contribution is 2.52. The van der Waals surface area contributed by atoms with Gasteiger partial charge >= 0.3 is 0 Å². The third-order valence-electron chi connectivity index (χ3n) is 14.3. The number of nitrogens with zero attached hydrogens (tertiary/aromatic N) is 1. The highest BCUT2D eigenvalue weighted by atomic mass is 15.1. The molecule has 0 N–H and O–H groups in total. The van der Waals surface area contributed by atoms with E-state index in [-0.39, 0.29) is 5.41 Å². The van der Waals surface area contributed by atoms with E-state index in [1.807, 2.05) is 0 Å². The van der Waals surface area contributed by atoms with E-state index in [9.17, 15) is 0 Å². The zero-order valence-electron chi connectivity index (χ0n) is 35.2. The minimum Gasteiger partial charge on any atom is -0.310 e. The van der Waals surface area contributed by atoms with Crippen LogP contribution in [0.15, 0.2) is 158 Å². The highest BCUT2D eigenvalue weighted by molar-refractivity contribution is 5.89. The average Bonchev–Trinajstić information content (AvgIpc) is 3.53. The molecular weight excluding hydrogens is 711 g/mol. The van der Waals surface area contributed by atoms with Crippen LogP contribution in [0.4, 0.5) is 17.1 Å². The minimum absolute atomic E-state index is 0.0891. The molecule has 59 heavy (non-hydrogen) atoms. The second kappa shape index (κ2) is 15.8. The summed E-state index contributed by atoms with van der Waals surface area (Å²) in [4.78, 5) is 2.45. The quantitative estimate of drug-likeness (QED) is 0.149. The molecule has 0 amide bonds. The van der Waals surface area contributed by atoms with Crippen molar-refractivity contribution in [2.75, 3.05) is 4.90 Å². The SMILES string of the molecule is Cc1cccc2c1-c1ccc(N(c3ccc(-c4ccc(C5CCCCC5)cc4)cc3)c3ccc(-c4ccccc4-c4ccc(C5CCCCC5)cc4)cc3)cc1C2(C)C. The molecule has 1 heteroatoms. The van der Waals surface area contributed by atoms with Gasteiger partial charge in [0.1, 0.15) is 0 Å². The van der Waals surface area contributed by atoms with Gasteiger partial charge in [-0.05, 0) is 153 Å². The van der Waals surface area contributed by atoms with Crippen LogP contribution < -0.4 is 4.90 Å². The Morgan fingerprint density at radius 1 is 0.407 bits per heavy atom. The van der Waals surface area contributed by atoms with E-state index in [1.165, 1.54) is 142 Å². The molecule has 1 nitrogen and oxygen atoms in total. The van der Waals surface area contributed by atoms with Crippen LogP contribution in [0.3, 0.4) is 0 Å². The number of aryl methyl sites for hydroxylation is 1. The Morgan fingerprint density at radius 2 is 0.864 bits per heavy atom. The molecule has 0 bridgehead atoms. The first-order chi connectivity index (χ1) is 28.9. The first kappa shape index (κ1) is 37.6. The fourth-order valence-corrected chi connectivity index (χ4v) is 10.9. The Bertz CT molecular complexity index is 2560. The standard InChI is InChI=1S/C58H57N/c1-40-13-12-20-55-57(40)54-38-37-51(39-56(54)58(55,2)3)59(49-33-29-46(30-34-49)45-23-21-43(22-24-45)41-14-6-4-7-15-41)50-35-31-48(32-36-50)53-19-11-10-18-52(53)47-27-25-44(26-28-47)42-16-8-5-9-17-42/h10-13,18-39,41-42H,4-9,14-17H2,1-3H3. The van der Waals surface area contributed by atoms with Gasteiger partial charge in [0.15, 0.2) is 0 Å². The lowest BCUT2D eigenvalue weighted by atomic mass is 9.82. The molecule has 0 spiro atoms. The summed E-state index contributed by atoms with van der Waals surface area (Å²) in [7, 11) is 0. The van der Waals surface area contributed by atoms with Crippen LogP contribution in [-0.4, -0.2) is 0 Å². The predicted molar refractivity (Wildman–Crippen MR) is 251 cm³/mol. The van der Waals surface area contributed by atoms with Gasteiger partial charge in [0, 0.05) is 22.5 Å². The molecule has 0 radical (unpaired) electrons. The normalized spacial score (nSPS) is 16.4. The Balaban J connectivity index is 0.999. The topological polar surface area (TPSA) is 3.24 Å². The van der Waals surface area contributed by atoms with E-state index < -0.39 is 0 Å². The largest absolute Gasteiger partial charge is 0.310 e. The van der Waals surface area contributed by atoms with Crippen molar-refractivity contribution in [1.82, 2.24) is 0 Å². The second-order valence-corrected chi connectivity index (χ2v) is 18.2. The molecule has 10 rings (SSSR count). The van der Waals surface area contributed by atoms with Gasteiger partial charge in [0.05, 0.1) is 0 Å². The summed E-state index contributed by atoms with van der Waals surface area (Å²) in [5.74, 6) is 1.44. The summed E-state index contributed by atoms with van der Waals surface area (Å²) in [6.45, 7) is 7.02. The third kappa shape index (κ3) is 7.14. The van der Waals surface area contributed by atoms with E-state index in [4.69, 9.17) is 0 Å². The molecule has 2 fully saturated rings. The number of hydrogen-bond acceptors (Lipinski definition) is 1. The molecule has 0 unspecified atom stereocenters. The fourth-order valence-electron chi connectivity index (χ4n) is 10.9. The monoisotopic (exact) mass is 767 g/mol. The molecule has 0 aliphatic heterocycles. The van der Waals surface area contributed by atoms with Gasteiger partial charge in [-0.3, -0.25) is 0 Å². The van der Waals surface area contributed by atoms with Gasteiger partial charge in [0.25, 0.3) is 0 Å². The van der Waals surface area contributed by atoms with Crippen LogP contribution in [0.2, 0.25) is 0 Å². The van der Waals surface area contributed by atoms with Crippen molar-refractivity contribution in [3.63, 3.8) is 0 Å². The van der Waals surface area contributed by atoms with Gasteiger partial charge in [-0.15, -0.1) is 0 Å². The molecule has 0 aromatic heterocycles. The number of rotatable bonds is 8. The molecule has 294 valence electrons. The highest BCUT2D eigenvalue weighted by Gasteiger charge is 2.36. The van der Waals surface area contributed by atoms with Gasteiger partial charge in [-0.25, -0.2) is 0 Å². The maximum absolute atomic E-state index is 2.45. The predicted octanol–water partition coefficient (Wildman–Crippen LogP) is 16.9. The van der Waals surface area contributed by atoms with E-state index in [2.05, 4.69) is 183 Å². The van der Waals surface area contributed by atoms with Crippen LogP contribution >= 0.6 is 0 Å². The lowest BCUT2D eigenvalue weighted by Gasteiger charge is -2.28. The maximum atomic E-state index is 2.45.